The van der Waals surface area contributed by atoms with Crippen molar-refractivity contribution in [1.29, 1.82) is 0 Å². The molecule has 0 unspecified atom stereocenters. The molecule has 2 N–H and O–H groups in total. The van der Waals surface area contributed by atoms with Crippen LogP contribution in [0.4, 0.5) is 11.4 Å². The molecule has 5 heteroatoms. The summed E-state index contributed by atoms with van der Waals surface area (Å²) in [4.78, 5) is 6.51. The van der Waals surface area contributed by atoms with E-state index in [0.717, 1.165) is 36.2 Å². The van der Waals surface area contributed by atoms with Gasteiger partial charge in [0.2, 0.25) is 0 Å². The number of halogens is 1. The van der Waals surface area contributed by atoms with Gasteiger partial charge in [-0.2, -0.15) is 0 Å². The molecule has 31 heavy (non-hydrogen) atoms. The quantitative estimate of drug-likeness (QED) is 0.367. The highest BCUT2D eigenvalue weighted by Crippen LogP contribution is 2.24. The molecular weight excluding hydrogens is 404 g/mol. The molecule has 0 amide bonds. The van der Waals surface area contributed by atoms with Gasteiger partial charge in [-0.1, -0.05) is 48.0 Å². The van der Waals surface area contributed by atoms with Gasteiger partial charge in [-0.3, -0.25) is 4.98 Å². The van der Waals surface area contributed by atoms with Crippen molar-refractivity contribution >= 4 is 33.9 Å². The first-order valence-electron chi connectivity index (χ1n) is 10.4. The van der Waals surface area contributed by atoms with Gasteiger partial charge in [0.05, 0.1) is 5.52 Å². The molecule has 0 saturated carbocycles. The summed E-state index contributed by atoms with van der Waals surface area (Å²) in [5.41, 5.74) is 6.98. The van der Waals surface area contributed by atoms with Crippen molar-refractivity contribution in [3.63, 3.8) is 0 Å². The lowest BCUT2D eigenvalue weighted by atomic mass is 10.1. The van der Waals surface area contributed by atoms with Crippen LogP contribution in [0.2, 0.25) is 5.02 Å². The molecule has 0 fully saturated rings. The third kappa shape index (κ3) is 5.54. The molecule has 0 spiro atoms. The van der Waals surface area contributed by atoms with Gasteiger partial charge < -0.3 is 15.5 Å². The van der Waals surface area contributed by atoms with Crippen molar-refractivity contribution < 1.29 is 0 Å². The van der Waals surface area contributed by atoms with E-state index in [-0.39, 0.29) is 0 Å². The van der Waals surface area contributed by atoms with Gasteiger partial charge >= 0.3 is 0 Å². The highest BCUT2D eigenvalue weighted by Gasteiger charge is 2.03. The first-order valence-corrected chi connectivity index (χ1v) is 10.8. The van der Waals surface area contributed by atoms with Crippen LogP contribution in [0.1, 0.15) is 16.7 Å². The molecular formula is C26H27ClN4. The fraction of sp³-hybridized carbons (Fsp3) is 0.192. The lowest BCUT2D eigenvalue weighted by molar-refractivity contribution is 0.693. The maximum absolute atomic E-state index is 6.08. The number of hydrogen-bond donors (Lipinski definition) is 2. The molecule has 0 aliphatic heterocycles. The van der Waals surface area contributed by atoms with Crippen molar-refractivity contribution in [2.24, 2.45) is 0 Å². The number of rotatable bonds is 8. The van der Waals surface area contributed by atoms with Crippen molar-refractivity contribution in [3.8, 4) is 0 Å². The van der Waals surface area contributed by atoms with Crippen LogP contribution in [0.25, 0.3) is 10.9 Å². The second-order valence-corrected chi connectivity index (χ2v) is 8.29. The fourth-order valence-electron chi connectivity index (χ4n) is 3.51. The minimum Gasteiger partial charge on any atom is -0.380 e. The Kier molecular flexibility index (Phi) is 6.70. The van der Waals surface area contributed by atoms with Crippen LogP contribution in [0, 0.1) is 0 Å². The number of hydrogen-bond acceptors (Lipinski definition) is 4. The van der Waals surface area contributed by atoms with Gasteiger partial charge in [0.15, 0.2) is 0 Å². The van der Waals surface area contributed by atoms with Crippen LogP contribution < -0.4 is 15.5 Å². The number of pyridine rings is 1. The number of benzene rings is 3. The minimum absolute atomic E-state index is 0.701. The van der Waals surface area contributed by atoms with Crippen molar-refractivity contribution in [1.82, 2.24) is 10.3 Å². The summed E-state index contributed by atoms with van der Waals surface area (Å²) in [5, 5.41) is 8.82. The van der Waals surface area contributed by atoms with Crippen molar-refractivity contribution in [3.05, 3.63) is 101 Å². The third-order valence-electron chi connectivity index (χ3n) is 5.32. The lowest BCUT2D eigenvalue weighted by Gasteiger charge is -2.13. The van der Waals surface area contributed by atoms with E-state index in [1.807, 2.05) is 30.5 Å². The Balaban J connectivity index is 1.29. The first-order chi connectivity index (χ1) is 15.1. The van der Waals surface area contributed by atoms with Gasteiger partial charge in [-0.05, 0) is 53.1 Å². The van der Waals surface area contributed by atoms with Crippen LogP contribution in [0.5, 0.6) is 0 Å². The topological polar surface area (TPSA) is 40.2 Å². The summed E-state index contributed by atoms with van der Waals surface area (Å²) < 4.78 is 0. The van der Waals surface area contributed by atoms with Gasteiger partial charge in [0, 0.05) is 61.7 Å². The Morgan fingerprint density at radius 1 is 0.774 bits per heavy atom. The van der Waals surface area contributed by atoms with Gasteiger partial charge in [-0.15, -0.1) is 0 Å². The molecule has 0 bridgehead atoms. The molecule has 4 nitrogen and oxygen atoms in total. The van der Waals surface area contributed by atoms with Crippen LogP contribution in [-0.4, -0.2) is 19.1 Å². The van der Waals surface area contributed by atoms with E-state index >= 15 is 0 Å². The Morgan fingerprint density at radius 2 is 1.39 bits per heavy atom. The van der Waals surface area contributed by atoms with E-state index in [1.54, 1.807) is 0 Å². The minimum atomic E-state index is 0.701. The highest BCUT2D eigenvalue weighted by atomic mass is 35.5. The SMILES string of the molecule is CN(C)c1ccc(CNCc2ccc(CNc3ccnc4cc(Cl)ccc34)cc2)cc1. The molecule has 1 heterocycles. The molecule has 0 saturated heterocycles. The number of nitrogens with zero attached hydrogens (tertiary/aromatic N) is 2. The van der Waals surface area contributed by atoms with E-state index in [0.29, 0.717) is 5.02 Å². The monoisotopic (exact) mass is 430 g/mol. The standard InChI is InChI=1S/C26H27ClN4/c1-31(2)23-10-7-20(8-11-23)17-28-16-19-3-5-21(6-4-19)18-30-25-13-14-29-26-15-22(27)9-12-24(25)26/h3-15,28H,16-18H2,1-2H3,(H,29,30). The summed E-state index contributed by atoms with van der Waals surface area (Å²) in [6, 6.07) is 25.2. The maximum atomic E-state index is 6.08. The molecule has 4 aromatic rings. The average Bonchev–Trinajstić information content (AvgIpc) is 2.78. The fourth-order valence-corrected chi connectivity index (χ4v) is 3.68. The largest absolute Gasteiger partial charge is 0.380 e. The van der Waals surface area contributed by atoms with E-state index in [2.05, 4.69) is 83.1 Å². The summed E-state index contributed by atoms with van der Waals surface area (Å²) in [6.07, 6.45) is 1.81. The van der Waals surface area contributed by atoms with E-state index in [4.69, 9.17) is 11.6 Å². The van der Waals surface area contributed by atoms with Crippen LogP contribution >= 0.6 is 11.6 Å². The zero-order valence-corrected chi connectivity index (χ0v) is 18.7. The number of aromatic nitrogens is 1. The molecule has 0 radical (unpaired) electrons. The van der Waals surface area contributed by atoms with Crippen LogP contribution in [0.15, 0.2) is 79.0 Å². The Labute approximate surface area is 188 Å². The third-order valence-corrected chi connectivity index (χ3v) is 5.56. The molecule has 4 rings (SSSR count). The van der Waals surface area contributed by atoms with Crippen molar-refractivity contribution in [2.75, 3.05) is 24.3 Å². The highest BCUT2D eigenvalue weighted by molar-refractivity contribution is 6.31. The van der Waals surface area contributed by atoms with Gasteiger partial charge in [0.25, 0.3) is 0 Å². The van der Waals surface area contributed by atoms with Gasteiger partial charge in [0.1, 0.15) is 0 Å². The molecule has 0 atom stereocenters. The van der Waals surface area contributed by atoms with E-state index < -0.39 is 0 Å². The summed E-state index contributed by atoms with van der Waals surface area (Å²) in [6.45, 7) is 2.46. The first kappa shape index (κ1) is 21.2. The lowest BCUT2D eigenvalue weighted by Crippen LogP contribution is -2.13. The van der Waals surface area contributed by atoms with E-state index in [1.165, 1.54) is 22.4 Å². The zero-order valence-electron chi connectivity index (χ0n) is 17.9. The molecule has 0 aliphatic carbocycles. The average molecular weight is 431 g/mol. The maximum Gasteiger partial charge on any atom is 0.0737 e. The second-order valence-electron chi connectivity index (χ2n) is 7.85. The van der Waals surface area contributed by atoms with E-state index in [9.17, 15) is 0 Å². The smallest absolute Gasteiger partial charge is 0.0737 e. The van der Waals surface area contributed by atoms with Crippen LogP contribution in [-0.2, 0) is 19.6 Å². The normalized spacial score (nSPS) is 10.9. The van der Waals surface area contributed by atoms with Crippen molar-refractivity contribution in [2.45, 2.75) is 19.6 Å². The van der Waals surface area contributed by atoms with Gasteiger partial charge in [-0.25, -0.2) is 0 Å². The summed E-state index contributed by atoms with van der Waals surface area (Å²) in [5.74, 6) is 0. The zero-order chi connectivity index (χ0) is 21.6. The second kappa shape index (κ2) is 9.82. The summed E-state index contributed by atoms with van der Waals surface area (Å²) in [7, 11) is 4.11. The molecule has 1 aromatic heterocycles. The Morgan fingerprint density at radius 3 is 2.03 bits per heavy atom. The molecule has 0 aliphatic rings. The molecule has 158 valence electrons. The number of fused-ring (bicyclic) bond motifs is 1. The number of nitrogens with one attached hydrogen (secondary N) is 2. The number of anilines is 2. The Hall–Kier alpha value is -3.08. The Bertz CT molecular complexity index is 1140. The summed E-state index contributed by atoms with van der Waals surface area (Å²) >= 11 is 6.08. The molecule has 3 aromatic carbocycles. The predicted molar refractivity (Wildman–Crippen MR) is 132 cm³/mol. The predicted octanol–water partition coefficient (Wildman–Crippen LogP) is 5.86. The van der Waals surface area contributed by atoms with Crippen LogP contribution in [0.3, 0.4) is 0 Å².